The molecule has 4 rings (SSSR count). The van der Waals surface area contributed by atoms with Crippen LogP contribution in [0.5, 0.6) is 0 Å². The van der Waals surface area contributed by atoms with Gasteiger partial charge in [-0.3, -0.25) is 16.7 Å². The van der Waals surface area contributed by atoms with Crippen molar-refractivity contribution in [3.63, 3.8) is 0 Å². The zero-order chi connectivity index (χ0) is 22.8. The van der Waals surface area contributed by atoms with Crippen molar-refractivity contribution in [2.45, 2.75) is 26.2 Å². The number of halogens is 2. The molecule has 0 radical (unpaired) electrons. The van der Waals surface area contributed by atoms with Crippen LogP contribution < -0.4 is 11.7 Å². The van der Waals surface area contributed by atoms with Crippen LogP contribution in [0, 0.1) is 17.1 Å². The summed E-state index contributed by atoms with van der Waals surface area (Å²) in [5.74, 6) is 8.95. The Morgan fingerprint density at radius 2 is 2.23 bits per heavy atom. The second kappa shape index (κ2) is 12.5. The van der Waals surface area contributed by atoms with Crippen molar-refractivity contribution in [3.05, 3.63) is 75.1 Å². The molecule has 1 aromatic carbocycles. The van der Waals surface area contributed by atoms with Gasteiger partial charge in [-0.15, -0.1) is 11.3 Å². The summed E-state index contributed by atoms with van der Waals surface area (Å²) in [7, 11) is 0. The third kappa shape index (κ3) is 6.54. The molecule has 0 amide bonds. The van der Waals surface area contributed by atoms with Gasteiger partial charge in [0.2, 0.25) is 0 Å². The van der Waals surface area contributed by atoms with Gasteiger partial charge in [-0.1, -0.05) is 37.6 Å². The minimum atomic E-state index is -0.294. The summed E-state index contributed by atoms with van der Waals surface area (Å²) in [5.41, 5.74) is 3.79. The number of nitrogens with zero attached hydrogens (tertiary/aromatic N) is 3. The lowest BCUT2D eigenvalue weighted by atomic mass is 9.97. The van der Waals surface area contributed by atoms with Crippen molar-refractivity contribution in [2.75, 3.05) is 13.1 Å². The molecule has 1 atom stereocenters. The van der Waals surface area contributed by atoms with Gasteiger partial charge in [0.1, 0.15) is 5.82 Å². The fourth-order valence-electron chi connectivity index (χ4n) is 3.46. The summed E-state index contributed by atoms with van der Waals surface area (Å²) < 4.78 is 12.1. The molecule has 1 fully saturated rings. The maximum atomic E-state index is 12.1. The number of hydrazine groups is 1. The maximum Gasteiger partial charge on any atom is 0.165 e. The molecule has 1 saturated heterocycles. The van der Waals surface area contributed by atoms with E-state index in [4.69, 9.17) is 22.0 Å². The number of aliphatic imine (C=N–C) groups is 1. The van der Waals surface area contributed by atoms with Gasteiger partial charge >= 0.3 is 0 Å². The number of rotatable bonds is 5. The first-order valence-corrected chi connectivity index (χ1v) is 11.2. The molecule has 0 spiro atoms. The highest BCUT2D eigenvalue weighted by molar-refractivity contribution is 7.11. The Morgan fingerprint density at radius 1 is 1.45 bits per heavy atom. The Bertz CT molecular complexity index is 924. The highest BCUT2D eigenvalue weighted by Gasteiger charge is 2.34. The summed E-state index contributed by atoms with van der Waals surface area (Å²) in [6.07, 6.45) is 6.43. The van der Waals surface area contributed by atoms with E-state index in [1.54, 1.807) is 29.7 Å². The predicted octanol–water partition coefficient (Wildman–Crippen LogP) is 4.78. The molecule has 0 saturated carbocycles. The zero-order valence-electron chi connectivity index (χ0n) is 17.5. The van der Waals surface area contributed by atoms with Crippen molar-refractivity contribution < 1.29 is 4.39 Å². The number of hydrogen-bond acceptors (Lipinski definition) is 7. The minimum absolute atomic E-state index is 0.271. The van der Waals surface area contributed by atoms with E-state index in [-0.39, 0.29) is 11.7 Å². The van der Waals surface area contributed by atoms with Crippen molar-refractivity contribution in [2.24, 2.45) is 22.6 Å². The molecule has 2 aliphatic heterocycles. The lowest BCUT2D eigenvalue weighted by molar-refractivity contribution is 0.550. The van der Waals surface area contributed by atoms with Gasteiger partial charge in [-0.05, 0) is 42.2 Å². The fourth-order valence-corrected chi connectivity index (χ4v) is 4.29. The van der Waals surface area contributed by atoms with Gasteiger partial charge in [0.05, 0.1) is 6.54 Å². The van der Waals surface area contributed by atoms with Crippen LogP contribution in [-0.4, -0.2) is 35.0 Å². The number of hydrogen-bond donors (Lipinski definition) is 3. The smallest absolute Gasteiger partial charge is 0.165 e. The quantitative estimate of drug-likeness (QED) is 0.337. The Hall–Kier alpha value is -2.39. The van der Waals surface area contributed by atoms with Gasteiger partial charge in [-0.2, -0.15) is 0 Å². The number of benzene rings is 1. The van der Waals surface area contributed by atoms with E-state index in [2.05, 4.69) is 35.1 Å². The van der Waals surface area contributed by atoms with Crippen LogP contribution in [0.4, 0.5) is 4.39 Å². The van der Waals surface area contributed by atoms with E-state index < -0.39 is 0 Å². The summed E-state index contributed by atoms with van der Waals surface area (Å²) in [6.45, 7) is 7.95. The molecule has 3 heterocycles. The lowest BCUT2D eigenvalue weighted by Gasteiger charge is -2.28. The summed E-state index contributed by atoms with van der Waals surface area (Å²) >= 11 is 7.03. The van der Waals surface area contributed by atoms with E-state index in [0.717, 1.165) is 36.7 Å². The minimum Gasteiger partial charge on any atom is -0.327 e. The Balaban J connectivity index is 0.000000286. The van der Waals surface area contributed by atoms with Gasteiger partial charge in [0.15, 0.2) is 10.8 Å². The number of amidine groups is 1. The fraction of sp³-hybridized carbons (Fsp3) is 0.318. The number of aromatic nitrogens is 1. The van der Waals surface area contributed by atoms with Crippen LogP contribution >= 0.6 is 22.9 Å². The first kappa shape index (κ1) is 24.9. The monoisotopic (exact) mass is 462 g/mol. The van der Waals surface area contributed by atoms with Crippen LogP contribution in [0.15, 0.2) is 64.3 Å². The van der Waals surface area contributed by atoms with Crippen molar-refractivity contribution in [3.8, 4) is 0 Å². The van der Waals surface area contributed by atoms with E-state index in [9.17, 15) is 4.39 Å². The van der Waals surface area contributed by atoms with Crippen molar-refractivity contribution in [1.29, 1.82) is 5.41 Å². The molecule has 31 heavy (non-hydrogen) atoms. The second-order valence-electron chi connectivity index (χ2n) is 6.94. The molecule has 0 bridgehead atoms. The van der Waals surface area contributed by atoms with Crippen molar-refractivity contribution >= 4 is 35.0 Å². The third-order valence-electron chi connectivity index (χ3n) is 4.81. The van der Waals surface area contributed by atoms with Gasteiger partial charge in [0.25, 0.3) is 0 Å². The van der Waals surface area contributed by atoms with E-state index in [1.165, 1.54) is 29.0 Å². The lowest BCUT2D eigenvalue weighted by Crippen LogP contribution is -2.33. The molecule has 2 aliphatic rings. The summed E-state index contributed by atoms with van der Waals surface area (Å²) in [5, 5.41) is 11.0. The van der Waals surface area contributed by atoms with Gasteiger partial charge in [0, 0.05) is 41.0 Å². The molecule has 6 nitrogen and oxygen atoms in total. The Kier molecular flexibility index (Phi) is 10.00. The first-order valence-electron chi connectivity index (χ1n) is 9.90. The summed E-state index contributed by atoms with van der Waals surface area (Å²) in [4.78, 5) is 11.4. The molecule has 0 aliphatic carbocycles. The SMILES string of the molecule is C=C(CCC)C1=C2CC(C=N)CN2C(c2nccs2)=NC1.Fc1cccc(Cl)c1.NN. The normalized spacial score (nSPS) is 17.0. The van der Waals surface area contributed by atoms with Crippen molar-refractivity contribution in [1.82, 2.24) is 9.88 Å². The molecule has 1 unspecified atom stereocenters. The second-order valence-corrected chi connectivity index (χ2v) is 8.27. The van der Waals surface area contributed by atoms with Crippen LogP contribution in [0.1, 0.15) is 31.2 Å². The number of nitrogens with one attached hydrogen (secondary N) is 1. The number of thiazole rings is 1. The van der Waals surface area contributed by atoms with Gasteiger partial charge < -0.3 is 10.3 Å². The molecular formula is C22H28ClFN6S. The molecule has 9 heteroatoms. The standard InChI is InChI=1S/C16H20N4S.C6H4ClF.H4N2/c1-3-4-11(2)13-9-19-15(16-18-5-6-21-16)20-10-12(8-17)7-14(13)20;7-5-2-1-3-6(8)4-5;1-2/h5-6,8,12,17H,2-4,7,9-10H2,1H3;1-4H;1-2H2. The topological polar surface area (TPSA) is 104 Å². The maximum absolute atomic E-state index is 12.1. The predicted molar refractivity (Wildman–Crippen MR) is 128 cm³/mol. The van der Waals surface area contributed by atoms with Crippen LogP contribution in [0.25, 0.3) is 0 Å². The zero-order valence-corrected chi connectivity index (χ0v) is 19.1. The van der Waals surface area contributed by atoms with Crippen LogP contribution in [-0.2, 0) is 0 Å². The Labute approximate surface area is 191 Å². The van der Waals surface area contributed by atoms with E-state index in [1.807, 2.05) is 11.6 Å². The molecular weight excluding hydrogens is 435 g/mol. The van der Waals surface area contributed by atoms with E-state index >= 15 is 0 Å². The highest BCUT2D eigenvalue weighted by atomic mass is 35.5. The van der Waals surface area contributed by atoms with Crippen LogP contribution in [0.2, 0.25) is 5.02 Å². The summed E-state index contributed by atoms with van der Waals surface area (Å²) in [6, 6.07) is 5.82. The number of nitrogens with two attached hydrogens (primary N) is 2. The molecule has 5 N–H and O–H groups in total. The van der Waals surface area contributed by atoms with E-state index in [0.29, 0.717) is 11.6 Å². The molecule has 2 aromatic rings. The molecule has 1 aromatic heterocycles. The first-order chi connectivity index (χ1) is 15.0. The Morgan fingerprint density at radius 3 is 2.77 bits per heavy atom. The highest BCUT2D eigenvalue weighted by Crippen LogP contribution is 2.36. The number of allylic oxidation sites excluding steroid dienone is 1. The van der Waals surface area contributed by atoms with Crippen LogP contribution in [0.3, 0.4) is 0 Å². The average Bonchev–Trinajstić information content (AvgIpc) is 3.45. The third-order valence-corrected chi connectivity index (χ3v) is 5.82. The largest absolute Gasteiger partial charge is 0.327 e. The average molecular weight is 463 g/mol. The molecule has 166 valence electrons. The number of fused-ring (bicyclic) bond motifs is 1. The van der Waals surface area contributed by atoms with Gasteiger partial charge in [-0.25, -0.2) is 9.37 Å².